The first-order valence-corrected chi connectivity index (χ1v) is 8.26. The topological polar surface area (TPSA) is 34.5 Å². The second-order valence-electron chi connectivity index (χ2n) is 6.81. The number of benzene rings is 1. The first-order valence-electron chi connectivity index (χ1n) is 8.26. The number of fused-ring (bicyclic) bond motifs is 3. The number of carbonyl (C=O) groups is 1. The van der Waals surface area contributed by atoms with E-state index in [0.29, 0.717) is 18.4 Å². The van der Waals surface area contributed by atoms with Crippen molar-refractivity contribution in [3.8, 4) is 5.75 Å². The second-order valence-corrected chi connectivity index (χ2v) is 6.81. The summed E-state index contributed by atoms with van der Waals surface area (Å²) in [5, 5.41) is 1.25. The lowest BCUT2D eigenvalue weighted by Crippen LogP contribution is -2.47. The Balaban J connectivity index is 1.83. The highest BCUT2D eigenvalue weighted by molar-refractivity contribution is 5.98. The highest BCUT2D eigenvalue weighted by Gasteiger charge is 2.44. The summed E-state index contributed by atoms with van der Waals surface area (Å²) in [6.07, 6.45) is 4.17. The molecule has 2 atom stereocenters. The van der Waals surface area contributed by atoms with E-state index in [1.165, 1.54) is 36.0 Å². The van der Waals surface area contributed by atoms with E-state index in [1.54, 1.807) is 7.11 Å². The van der Waals surface area contributed by atoms with Gasteiger partial charge in [-0.1, -0.05) is 0 Å². The summed E-state index contributed by atoms with van der Waals surface area (Å²) in [4.78, 5) is 15.4. The maximum absolute atomic E-state index is 12.8. The number of aromatic nitrogens is 1. The number of hydrogen-bond donors (Lipinski definition) is 0. The first-order chi connectivity index (χ1) is 10.8. The zero-order valence-corrected chi connectivity index (χ0v) is 12.8. The van der Waals surface area contributed by atoms with Gasteiger partial charge in [0.05, 0.1) is 18.7 Å². The van der Waals surface area contributed by atoms with E-state index in [-0.39, 0.29) is 5.91 Å². The van der Waals surface area contributed by atoms with Crippen molar-refractivity contribution in [1.82, 2.24) is 9.47 Å². The predicted octanol–water partition coefficient (Wildman–Crippen LogP) is 3.00. The van der Waals surface area contributed by atoms with Crippen LogP contribution in [0.5, 0.6) is 5.75 Å². The Hall–Kier alpha value is -1.81. The van der Waals surface area contributed by atoms with Crippen LogP contribution in [0.4, 0.5) is 0 Å². The summed E-state index contributed by atoms with van der Waals surface area (Å²) in [7, 11) is 1.68. The van der Waals surface area contributed by atoms with Crippen molar-refractivity contribution in [2.75, 3.05) is 20.2 Å². The maximum atomic E-state index is 12.8. The van der Waals surface area contributed by atoms with Crippen LogP contribution in [-0.4, -0.2) is 35.6 Å². The average molecular weight is 296 g/mol. The molecule has 0 amide bonds. The molecule has 4 nitrogen and oxygen atoms in total. The van der Waals surface area contributed by atoms with E-state index < -0.39 is 0 Å². The standard InChI is InChI=1S/C18H20N2O2/c1-22-12-4-5-13-14-6-8-19-7-2-3-11-9-16(21)20(15(13)10-12)18(14)17(11)19/h4-5,10-11,17H,2-3,6-9H2,1H3/t11-,17-/m0/s1. The Morgan fingerprint density at radius 3 is 3.05 bits per heavy atom. The van der Waals surface area contributed by atoms with Gasteiger partial charge < -0.3 is 4.74 Å². The van der Waals surface area contributed by atoms with Crippen LogP contribution in [0.15, 0.2) is 18.2 Å². The minimum absolute atomic E-state index is 0.268. The Labute approximate surface area is 129 Å². The molecule has 0 saturated carbocycles. The van der Waals surface area contributed by atoms with Gasteiger partial charge in [0.2, 0.25) is 5.91 Å². The van der Waals surface area contributed by atoms with Crippen LogP contribution in [0.25, 0.3) is 10.9 Å². The lowest BCUT2D eigenvalue weighted by Gasteiger charge is -2.46. The normalized spacial score (nSPS) is 27.0. The van der Waals surface area contributed by atoms with Gasteiger partial charge in [-0.3, -0.25) is 14.3 Å². The molecule has 22 heavy (non-hydrogen) atoms. The van der Waals surface area contributed by atoms with E-state index >= 15 is 0 Å². The van der Waals surface area contributed by atoms with Crippen LogP contribution in [0.3, 0.4) is 0 Å². The fraction of sp³-hybridized carbons (Fsp3) is 0.500. The second kappa shape index (κ2) is 4.35. The Morgan fingerprint density at radius 2 is 2.18 bits per heavy atom. The van der Waals surface area contributed by atoms with Crippen LogP contribution in [0.2, 0.25) is 0 Å². The van der Waals surface area contributed by atoms with Gasteiger partial charge >= 0.3 is 0 Å². The third-order valence-corrected chi connectivity index (χ3v) is 5.80. The molecule has 1 aromatic heterocycles. The molecule has 1 fully saturated rings. The molecule has 5 rings (SSSR count). The van der Waals surface area contributed by atoms with Crippen LogP contribution in [-0.2, 0) is 6.42 Å². The molecule has 1 aromatic carbocycles. The van der Waals surface area contributed by atoms with Gasteiger partial charge in [0.1, 0.15) is 5.75 Å². The van der Waals surface area contributed by atoms with Gasteiger partial charge in [0.25, 0.3) is 0 Å². The highest BCUT2D eigenvalue weighted by Crippen LogP contribution is 2.48. The maximum Gasteiger partial charge on any atom is 0.231 e. The van der Waals surface area contributed by atoms with E-state index in [2.05, 4.69) is 11.0 Å². The van der Waals surface area contributed by atoms with Crippen LogP contribution in [0, 0.1) is 5.92 Å². The van der Waals surface area contributed by atoms with Crippen molar-refractivity contribution >= 4 is 16.8 Å². The third-order valence-electron chi connectivity index (χ3n) is 5.80. The molecular weight excluding hydrogens is 276 g/mol. The molecule has 3 aliphatic rings. The summed E-state index contributed by atoms with van der Waals surface area (Å²) in [5.41, 5.74) is 3.73. The molecule has 0 spiro atoms. The SMILES string of the molecule is COc1ccc2c3c4n(c2c1)C(=O)C[C@@H]1CCCN(CC3)[C@H]41. The number of piperidine rings is 1. The summed E-state index contributed by atoms with van der Waals surface area (Å²) in [6.45, 7) is 2.31. The molecular formula is C18H20N2O2. The van der Waals surface area contributed by atoms with Crippen LogP contribution < -0.4 is 4.74 Å². The molecule has 1 saturated heterocycles. The van der Waals surface area contributed by atoms with Gasteiger partial charge in [0.15, 0.2) is 0 Å². The number of rotatable bonds is 1. The number of carbonyl (C=O) groups excluding carboxylic acids is 1. The zero-order valence-electron chi connectivity index (χ0n) is 12.8. The largest absolute Gasteiger partial charge is 0.497 e. The van der Waals surface area contributed by atoms with E-state index in [0.717, 1.165) is 24.2 Å². The van der Waals surface area contributed by atoms with Crippen LogP contribution in [0.1, 0.15) is 41.4 Å². The monoisotopic (exact) mass is 296 g/mol. The Morgan fingerprint density at radius 1 is 1.27 bits per heavy atom. The van der Waals surface area contributed by atoms with Crippen molar-refractivity contribution < 1.29 is 9.53 Å². The minimum Gasteiger partial charge on any atom is -0.497 e. The quantitative estimate of drug-likeness (QED) is 0.811. The molecule has 0 aliphatic carbocycles. The fourth-order valence-electron chi connectivity index (χ4n) is 4.91. The molecule has 0 bridgehead atoms. The number of hydrogen-bond acceptors (Lipinski definition) is 3. The lowest BCUT2D eigenvalue weighted by atomic mass is 9.79. The Kier molecular flexibility index (Phi) is 2.51. The predicted molar refractivity (Wildman–Crippen MR) is 84.5 cm³/mol. The van der Waals surface area contributed by atoms with Gasteiger partial charge in [-0.25, -0.2) is 0 Å². The van der Waals surface area contributed by atoms with E-state index in [4.69, 9.17) is 4.74 Å². The van der Waals surface area contributed by atoms with E-state index in [1.807, 2.05) is 16.7 Å². The van der Waals surface area contributed by atoms with Crippen LogP contribution >= 0.6 is 0 Å². The molecule has 0 radical (unpaired) electrons. The summed E-state index contributed by atoms with van der Waals surface area (Å²) < 4.78 is 7.38. The Bertz CT molecular complexity index is 792. The van der Waals surface area contributed by atoms with Crippen molar-refractivity contribution in [3.05, 3.63) is 29.5 Å². The molecule has 0 N–H and O–H groups in total. The van der Waals surface area contributed by atoms with Gasteiger partial charge in [0, 0.05) is 30.1 Å². The zero-order chi connectivity index (χ0) is 14.8. The third kappa shape index (κ3) is 1.48. The van der Waals surface area contributed by atoms with Crippen molar-refractivity contribution in [1.29, 1.82) is 0 Å². The highest BCUT2D eigenvalue weighted by atomic mass is 16.5. The molecule has 114 valence electrons. The van der Waals surface area contributed by atoms with Crippen molar-refractivity contribution in [2.45, 2.75) is 31.7 Å². The molecule has 0 unspecified atom stereocenters. The van der Waals surface area contributed by atoms with E-state index in [9.17, 15) is 4.79 Å². The summed E-state index contributed by atoms with van der Waals surface area (Å²) >= 11 is 0. The van der Waals surface area contributed by atoms with Gasteiger partial charge in [-0.15, -0.1) is 0 Å². The lowest BCUT2D eigenvalue weighted by molar-refractivity contribution is 0.0478. The van der Waals surface area contributed by atoms with Crippen molar-refractivity contribution in [2.24, 2.45) is 5.92 Å². The number of methoxy groups -OCH3 is 1. The van der Waals surface area contributed by atoms with Gasteiger partial charge in [-0.2, -0.15) is 0 Å². The molecule has 2 aromatic rings. The number of nitrogens with zero attached hydrogens (tertiary/aromatic N) is 2. The van der Waals surface area contributed by atoms with Crippen molar-refractivity contribution in [3.63, 3.8) is 0 Å². The smallest absolute Gasteiger partial charge is 0.231 e. The first kappa shape index (κ1) is 12.7. The average Bonchev–Trinajstić information content (AvgIpc) is 2.88. The molecule has 4 heterocycles. The van der Waals surface area contributed by atoms with Gasteiger partial charge in [-0.05, 0) is 49.4 Å². The summed E-state index contributed by atoms with van der Waals surface area (Å²) in [6, 6.07) is 6.63. The summed E-state index contributed by atoms with van der Waals surface area (Å²) in [5.74, 6) is 1.61. The molecule has 4 heteroatoms. The number of ether oxygens (including phenoxy) is 1. The minimum atomic E-state index is 0.268. The fourth-order valence-corrected chi connectivity index (χ4v) is 4.91. The molecule has 3 aliphatic heterocycles.